The number of carbonyl (C=O) groups is 1. The van der Waals surface area contributed by atoms with Gasteiger partial charge in [0.1, 0.15) is 5.82 Å². The van der Waals surface area contributed by atoms with Gasteiger partial charge in [0, 0.05) is 13.0 Å². The van der Waals surface area contributed by atoms with E-state index in [-0.39, 0.29) is 5.75 Å². The van der Waals surface area contributed by atoms with E-state index in [1.807, 2.05) is 11.8 Å². The normalized spacial score (nSPS) is 16.5. The van der Waals surface area contributed by atoms with Gasteiger partial charge in [0.05, 0.1) is 5.75 Å². The van der Waals surface area contributed by atoms with E-state index < -0.39 is 5.97 Å². The molecule has 1 aliphatic rings. The highest BCUT2D eigenvalue weighted by Crippen LogP contribution is 2.27. The summed E-state index contributed by atoms with van der Waals surface area (Å²) >= 11 is 3.29. The van der Waals surface area contributed by atoms with Crippen LogP contribution in [0.1, 0.15) is 32.5 Å². The van der Waals surface area contributed by atoms with Crippen molar-refractivity contribution in [1.82, 2.24) is 14.8 Å². The highest BCUT2D eigenvalue weighted by atomic mass is 32.2. The number of aromatic nitrogens is 3. The molecule has 0 spiro atoms. The van der Waals surface area contributed by atoms with Gasteiger partial charge in [-0.05, 0) is 36.2 Å². The fourth-order valence-corrected chi connectivity index (χ4v) is 4.35. The van der Waals surface area contributed by atoms with Crippen molar-refractivity contribution >= 4 is 29.5 Å². The molecule has 1 saturated heterocycles. The number of thioether (sulfide) groups is 2. The molecule has 0 amide bonds. The third-order valence-electron chi connectivity index (χ3n) is 3.48. The van der Waals surface area contributed by atoms with Crippen LogP contribution >= 0.6 is 23.5 Å². The molecule has 2 rings (SSSR count). The Kier molecular flexibility index (Phi) is 6.41. The predicted molar refractivity (Wildman–Crippen MR) is 87.0 cm³/mol. The van der Waals surface area contributed by atoms with E-state index in [4.69, 9.17) is 5.11 Å². The van der Waals surface area contributed by atoms with Crippen LogP contribution in [-0.4, -0.2) is 43.1 Å². The van der Waals surface area contributed by atoms with E-state index in [1.54, 1.807) is 0 Å². The molecule has 5 nitrogen and oxygen atoms in total. The summed E-state index contributed by atoms with van der Waals surface area (Å²) in [5.74, 6) is 3.91. The van der Waals surface area contributed by atoms with Crippen molar-refractivity contribution in [2.45, 2.75) is 44.8 Å². The van der Waals surface area contributed by atoms with Gasteiger partial charge >= 0.3 is 5.97 Å². The predicted octanol–water partition coefficient (Wildman–Crippen LogP) is 2.80. The van der Waals surface area contributed by atoms with Crippen LogP contribution in [0.15, 0.2) is 5.16 Å². The van der Waals surface area contributed by atoms with Gasteiger partial charge in [-0.3, -0.25) is 4.79 Å². The van der Waals surface area contributed by atoms with Crippen LogP contribution in [0.25, 0.3) is 0 Å². The van der Waals surface area contributed by atoms with Crippen LogP contribution in [0.3, 0.4) is 0 Å². The molecular formula is C14H23N3O2S2. The molecule has 0 radical (unpaired) electrons. The zero-order valence-electron chi connectivity index (χ0n) is 12.6. The molecule has 0 aliphatic carbocycles. The topological polar surface area (TPSA) is 68.0 Å². The maximum absolute atomic E-state index is 10.7. The summed E-state index contributed by atoms with van der Waals surface area (Å²) in [6.45, 7) is 5.17. The van der Waals surface area contributed by atoms with Crippen LogP contribution < -0.4 is 0 Å². The molecule has 0 atom stereocenters. The van der Waals surface area contributed by atoms with Crippen molar-refractivity contribution in [2.75, 3.05) is 17.3 Å². The average Bonchev–Trinajstić information content (AvgIpc) is 2.79. The van der Waals surface area contributed by atoms with Crippen molar-refractivity contribution < 1.29 is 9.90 Å². The van der Waals surface area contributed by atoms with Crippen LogP contribution in [0.2, 0.25) is 0 Å². The van der Waals surface area contributed by atoms with Crippen LogP contribution in [-0.2, 0) is 17.8 Å². The van der Waals surface area contributed by atoms with Gasteiger partial charge in [-0.25, -0.2) is 0 Å². The number of nitrogens with zero attached hydrogens (tertiary/aromatic N) is 3. The van der Waals surface area contributed by atoms with Crippen LogP contribution in [0, 0.1) is 11.8 Å². The van der Waals surface area contributed by atoms with Gasteiger partial charge in [0.2, 0.25) is 0 Å². The third kappa shape index (κ3) is 5.21. The quantitative estimate of drug-likeness (QED) is 0.776. The van der Waals surface area contributed by atoms with Crippen molar-refractivity contribution in [3.63, 3.8) is 0 Å². The molecule has 21 heavy (non-hydrogen) atoms. The summed E-state index contributed by atoms with van der Waals surface area (Å²) in [5, 5.41) is 18.1. The summed E-state index contributed by atoms with van der Waals surface area (Å²) < 4.78 is 2.13. The minimum absolute atomic E-state index is 0.0380. The highest BCUT2D eigenvalue weighted by Gasteiger charge is 2.20. The third-order valence-corrected chi connectivity index (χ3v) is 5.48. The Bertz CT molecular complexity index is 471. The van der Waals surface area contributed by atoms with E-state index in [2.05, 4.69) is 28.6 Å². The molecule has 1 aromatic rings. The van der Waals surface area contributed by atoms with E-state index >= 15 is 0 Å². The SMILES string of the molecule is CC(C)Cn1c(CC2CCSCC2)nnc1SCC(=O)O. The first-order chi connectivity index (χ1) is 10.1. The van der Waals surface area contributed by atoms with Gasteiger partial charge in [-0.2, -0.15) is 11.8 Å². The van der Waals surface area contributed by atoms with Crippen molar-refractivity contribution in [3.05, 3.63) is 5.82 Å². The number of aliphatic carboxylic acids is 1. The molecule has 0 bridgehead atoms. The fourth-order valence-electron chi connectivity index (χ4n) is 2.46. The molecule has 2 heterocycles. The van der Waals surface area contributed by atoms with Gasteiger partial charge in [0.25, 0.3) is 0 Å². The second-order valence-electron chi connectivity index (χ2n) is 5.85. The van der Waals surface area contributed by atoms with Gasteiger partial charge < -0.3 is 9.67 Å². The first-order valence-corrected chi connectivity index (χ1v) is 9.54. The molecule has 1 N–H and O–H groups in total. The molecule has 1 aliphatic heterocycles. The second kappa shape index (κ2) is 8.08. The Morgan fingerprint density at radius 2 is 2.14 bits per heavy atom. The Hall–Kier alpha value is -0.690. The Morgan fingerprint density at radius 3 is 2.76 bits per heavy atom. The molecule has 1 aromatic heterocycles. The Morgan fingerprint density at radius 1 is 1.43 bits per heavy atom. The minimum atomic E-state index is -0.815. The Labute approximate surface area is 134 Å². The van der Waals surface area contributed by atoms with E-state index in [1.165, 1.54) is 36.1 Å². The first kappa shape index (κ1) is 16.7. The van der Waals surface area contributed by atoms with Crippen molar-refractivity contribution in [1.29, 1.82) is 0 Å². The fraction of sp³-hybridized carbons (Fsp3) is 0.786. The summed E-state index contributed by atoms with van der Waals surface area (Å²) in [7, 11) is 0. The number of rotatable bonds is 7. The zero-order chi connectivity index (χ0) is 15.2. The molecular weight excluding hydrogens is 306 g/mol. The molecule has 0 unspecified atom stereocenters. The minimum Gasteiger partial charge on any atom is -0.481 e. The van der Waals surface area contributed by atoms with Crippen molar-refractivity contribution in [2.24, 2.45) is 11.8 Å². The van der Waals surface area contributed by atoms with Crippen molar-refractivity contribution in [3.8, 4) is 0 Å². The Balaban J connectivity index is 2.09. The van der Waals surface area contributed by atoms with E-state index in [0.29, 0.717) is 11.8 Å². The van der Waals surface area contributed by atoms with Crippen LogP contribution in [0.5, 0.6) is 0 Å². The van der Waals surface area contributed by atoms with Gasteiger partial charge in [0.15, 0.2) is 5.16 Å². The standard InChI is InChI=1S/C14H23N3O2S2/c1-10(2)8-17-12(7-11-3-5-20-6-4-11)15-16-14(17)21-9-13(18)19/h10-11H,3-9H2,1-2H3,(H,18,19). The zero-order valence-corrected chi connectivity index (χ0v) is 14.3. The lowest BCUT2D eigenvalue weighted by Crippen LogP contribution is -2.17. The number of hydrogen-bond acceptors (Lipinski definition) is 5. The smallest absolute Gasteiger partial charge is 0.313 e. The molecule has 0 saturated carbocycles. The van der Waals surface area contributed by atoms with Gasteiger partial charge in [-0.15, -0.1) is 10.2 Å². The summed E-state index contributed by atoms with van der Waals surface area (Å²) in [6, 6.07) is 0. The number of hydrogen-bond donors (Lipinski definition) is 1. The monoisotopic (exact) mass is 329 g/mol. The molecule has 1 fully saturated rings. The lowest BCUT2D eigenvalue weighted by atomic mass is 9.98. The average molecular weight is 329 g/mol. The maximum Gasteiger partial charge on any atom is 0.313 e. The molecule has 7 heteroatoms. The first-order valence-electron chi connectivity index (χ1n) is 7.40. The summed E-state index contributed by atoms with van der Waals surface area (Å²) in [5.41, 5.74) is 0. The maximum atomic E-state index is 10.7. The lowest BCUT2D eigenvalue weighted by Gasteiger charge is -2.21. The lowest BCUT2D eigenvalue weighted by molar-refractivity contribution is -0.133. The van der Waals surface area contributed by atoms with Crippen LogP contribution in [0.4, 0.5) is 0 Å². The highest BCUT2D eigenvalue weighted by molar-refractivity contribution is 7.99. The summed E-state index contributed by atoms with van der Waals surface area (Å²) in [6.07, 6.45) is 3.46. The van der Waals surface area contributed by atoms with E-state index in [0.717, 1.165) is 23.9 Å². The summed E-state index contributed by atoms with van der Waals surface area (Å²) in [4.78, 5) is 10.7. The number of carboxylic acid groups (broad SMARTS) is 1. The molecule has 0 aromatic carbocycles. The van der Waals surface area contributed by atoms with E-state index in [9.17, 15) is 4.79 Å². The van der Waals surface area contributed by atoms with Gasteiger partial charge in [-0.1, -0.05) is 25.6 Å². The molecule has 118 valence electrons. The largest absolute Gasteiger partial charge is 0.481 e. The number of carboxylic acids is 1. The second-order valence-corrected chi connectivity index (χ2v) is 8.01.